The van der Waals surface area contributed by atoms with Gasteiger partial charge in [-0.2, -0.15) is 0 Å². The maximum Gasteiger partial charge on any atom is -0.0124 e. The molecule has 0 aromatic heterocycles. The van der Waals surface area contributed by atoms with E-state index in [1.807, 2.05) is 0 Å². The molecular weight excluding hydrogens is 288 g/mol. The second-order valence-corrected chi connectivity index (χ2v) is 9.32. The fraction of sp³-hybridized carbons (Fsp3) is 0.500. The van der Waals surface area contributed by atoms with Gasteiger partial charge in [0.1, 0.15) is 0 Å². The van der Waals surface area contributed by atoms with Crippen LogP contribution in [0.5, 0.6) is 0 Å². The molecule has 2 atom stereocenters. The van der Waals surface area contributed by atoms with Gasteiger partial charge in [0, 0.05) is 0 Å². The molecule has 0 amide bonds. The standard InChI is InChI=1S/C24H34/c1-17(19-9-13-21(14-10-19)23(3,4)5)18(2)20-11-15-22(16-12-20)24(6,7)8/h9-18H,1-8H3/t17-,18+. The Morgan fingerprint density at radius 1 is 0.500 bits per heavy atom. The van der Waals surface area contributed by atoms with Gasteiger partial charge in [-0.25, -0.2) is 0 Å². The number of hydrogen-bond acceptors (Lipinski definition) is 0. The Balaban J connectivity index is 2.18. The summed E-state index contributed by atoms with van der Waals surface area (Å²) in [4.78, 5) is 0. The van der Waals surface area contributed by atoms with Gasteiger partial charge < -0.3 is 0 Å². The van der Waals surface area contributed by atoms with Crippen LogP contribution >= 0.6 is 0 Å². The molecule has 0 N–H and O–H groups in total. The minimum absolute atomic E-state index is 0.218. The van der Waals surface area contributed by atoms with Crippen molar-refractivity contribution in [2.45, 2.75) is 78.1 Å². The first-order valence-corrected chi connectivity index (χ1v) is 9.21. The molecule has 0 saturated carbocycles. The van der Waals surface area contributed by atoms with Gasteiger partial charge in [0.05, 0.1) is 0 Å². The summed E-state index contributed by atoms with van der Waals surface area (Å²) in [5.74, 6) is 1.03. The van der Waals surface area contributed by atoms with E-state index in [9.17, 15) is 0 Å². The van der Waals surface area contributed by atoms with Gasteiger partial charge in [0.15, 0.2) is 0 Å². The van der Waals surface area contributed by atoms with Gasteiger partial charge in [-0.1, -0.05) is 104 Å². The summed E-state index contributed by atoms with van der Waals surface area (Å²) in [6, 6.07) is 18.4. The Kier molecular flexibility index (Phi) is 5.28. The van der Waals surface area contributed by atoms with Crippen LogP contribution in [-0.4, -0.2) is 0 Å². The molecule has 0 heteroatoms. The lowest BCUT2D eigenvalue weighted by Gasteiger charge is -2.24. The molecule has 0 bridgehead atoms. The van der Waals surface area contributed by atoms with Crippen LogP contribution in [0.25, 0.3) is 0 Å². The van der Waals surface area contributed by atoms with Crippen molar-refractivity contribution in [3.63, 3.8) is 0 Å². The van der Waals surface area contributed by atoms with Crippen molar-refractivity contribution in [2.24, 2.45) is 0 Å². The number of benzene rings is 2. The molecule has 24 heavy (non-hydrogen) atoms. The molecule has 0 spiro atoms. The first kappa shape index (κ1) is 18.8. The molecule has 2 rings (SSSR count). The molecule has 0 radical (unpaired) electrons. The van der Waals surface area contributed by atoms with Crippen LogP contribution in [0.4, 0.5) is 0 Å². The van der Waals surface area contributed by atoms with Crippen molar-refractivity contribution >= 4 is 0 Å². The van der Waals surface area contributed by atoms with Crippen molar-refractivity contribution in [1.82, 2.24) is 0 Å². The molecule has 0 aliphatic carbocycles. The zero-order valence-corrected chi connectivity index (χ0v) is 16.8. The van der Waals surface area contributed by atoms with E-state index in [0.717, 1.165) is 0 Å². The predicted octanol–water partition coefficient (Wildman–Crippen LogP) is 7.19. The van der Waals surface area contributed by atoms with Crippen LogP contribution in [0.3, 0.4) is 0 Å². The molecule has 0 nitrogen and oxygen atoms in total. The topological polar surface area (TPSA) is 0 Å². The summed E-state index contributed by atoms with van der Waals surface area (Å²) < 4.78 is 0. The third kappa shape index (κ3) is 4.29. The lowest BCUT2D eigenvalue weighted by Crippen LogP contribution is -2.12. The number of hydrogen-bond donors (Lipinski definition) is 0. The van der Waals surface area contributed by atoms with E-state index < -0.39 is 0 Å². The van der Waals surface area contributed by atoms with Gasteiger partial charge in [0.2, 0.25) is 0 Å². The molecule has 2 aromatic rings. The van der Waals surface area contributed by atoms with E-state index in [1.54, 1.807) is 0 Å². The quantitative estimate of drug-likeness (QED) is 0.561. The molecule has 0 saturated heterocycles. The van der Waals surface area contributed by atoms with Crippen LogP contribution < -0.4 is 0 Å². The van der Waals surface area contributed by atoms with Gasteiger partial charge in [-0.15, -0.1) is 0 Å². The first-order valence-electron chi connectivity index (χ1n) is 9.21. The van der Waals surface area contributed by atoms with E-state index in [0.29, 0.717) is 11.8 Å². The second kappa shape index (κ2) is 6.75. The van der Waals surface area contributed by atoms with Crippen molar-refractivity contribution in [2.75, 3.05) is 0 Å². The Morgan fingerprint density at radius 2 is 0.750 bits per heavy atom. The maximum absolute atomic E-state index is 2.34. The summed E-state index contributed by atoms with van der Waals surface area (Å²) in [6.07, 6.45) is 0. The summed E-state index contributed by atoms with van der Waals surface area (Å²) in [5.41, 5.74) is 6.10. The van der Waals surface area contributed by atoms with Crippen LogP contribution in [0.1, 0.15) is 89.5 Å². The zero-order valence-electron chi connectivity index (χ0n) is 16.8. The molecule has 130 valence electrons. The minimum atomic E-state index is 0.218. The highest BCUT2D eigenvalue weighted by Gasteiger charge is 2.19. The zero-order chi connectivity index (χ0) is 18.1. The smallest absolute Gasteiger partial charge is 0.0124 e. The van der Waals surface area contributed by atoms with E-state index in [4.69, 9.17) is 0 Å². The van der Waals surface area contributed by atoms with E-state index >= 15 is 0 Å². The lowest BCUT2D eigenvalue weighted by atomic mass is 9.80. The summed E-state index contributed by atoms with van der Waals surface area (Å²) in [6.45, 7) is 18.3. The van der Waals surface area contributed by atoms with Gasteiger partial charge in [-0.05, 0) is 44.9 Å². The molecule has 0 unspecified atom stereocenters. The molecule has 2 aromatic carbocycles. The monoisotopic (exact) mass is 322 g/mol. The van der Waals surface area contributed by atoms with E-state index in [1.165, 1.54) is 22.3 Å². The van der Waals surface area contributed by atoms with Crippen molar-refractivity contribution in [3.8, 4) is 0 Å². The second-order valence-electron chi connectivity index (χ2n) is 9.32. The SMILES string of the molecule is C[C@H](c1ccc(C(C)(C)C)cc1)[C@@H](C)c1ccc(C(C)(C)C)cc1. The molecule has 0 heterocycles. The van der Waals surface area contributed by atoms with Crippen LogP contribution in [0, 0.1) is 0 Å². The van der Waals surface area contributed by atoms with Gasteiger partial charge >= 0.3 is 0 Å². The summed E-state index contributed by atoms with van der Waals surface area (Å²) in [7, 11) is 0. The fourth-order valence-corrected chi connectivity index (χ4v) is 3.15. The van der Waals surface area contributed by atoms with Gasteiger partial charge in [0.25, 0.3) is 0 Å². The van der Waals surface area contributed by atoms with Crippen molar-refractivity contribution < 1.29 is 0 Å². The highest BCUT2D eigenvalue weighted by atomic mass is 14.2. The lowest BCUT2D eigenvalue weighted by molar-refractivity contribution is 0.584. The normalized spacial score (nSPS) is 15.2. The number of rotatable bonds is 3. The van der Waals surface area contributed by atoms with E-state index in [2.05, 4.69) is 104 Å². The van der Waals surface area contributed by atoms with E-state index in [-0.39, 0.29) is 10.8 Å². The first-order chi connectivity index (χ1) is 11.0. The van der Waals surface area contributed by atoms with Crippen LogP contribution in [0.15, 0.2) is 48.5 Å². The Hall–Kier alpha value is -1.56. The largest absolute Gasteiger partial charge is 0.0585 e. The van der Waals surface area contributed by atoms with Crippen LogP contribution in [-0.2, 0) is 10.8 Å². The maximum atomic E-state index is 2.34. The van der Waals surface area contributed by atoms with Crippen molar-refractivity contribution in [3.05, 3.63) is 70.8 Å². The highest BCUT2D eigenvalue weighted by molar-refractivity contribution is 5.34. The van der Waals surface area contributed by atoms with Crippen molar-refractivity contribution in [1.29, 1.82) is 0 Å². The third-order valence-electron chi connectivity index (χ3n) is 5.35. The molecule has 0 fully saturated rings. The average Bonchev–Trinajstić information content (AvgIpc) is 2.52. The fourth-order valence-electron chi connectivity index (χ4n) is 3.15. The molecular formula is C24H34. The minimum Gasteiger partial charge on any atom is -0.0585 e. The van der Waals surface area contributed by atoms with Crippen LogP contribution in [0.2, 0.25) is 0 Å². The Bertz CT molecular complexity index is 584. The predicted molar refractivity (Wildman–Crippen MR) is 107 cm³/mol. The Labute approximate surface area is 149 Å². The summed E-state index contributed by atoms with van der Waals surface area (Å²) >= 11 is 0. The summed E-state index contributed by atoms with van der Waals surface area (Å²) in [5, 5.41) is 0. The third-order valence-corrected chi connectivity index (χ3v) is 5.35. The van der Waals surface area contributed by atoms with Gasteiger partial charge in [-0.3, -0.25) is 0 Å². The molecule has 0 aliphatic rings. The molecule has 0 aliphatic heterocycles. The Morgan fingerprint density at radius 3 is 0.958 bits per heavy atom. The highest BCUT2D eigenvalue weighted by Crippen LogP contribution is 2.34. The average molecular weight is 323 g/mol.